The van der Waals surface area contributed by atoms with E-state index in [1.165, 1.54) is 50.1 Å². The lowest BCUT2D eigenvalue weighted by molar-refractivity contribution is 0.0324. The van der Waals surface area contributed by atoms with E-state index in [9.17, 15) is 0 Å². The van der Waals surface area contributed by atoms with Crippen LogP contribution < -0.4 is 0 Å². The van der Waals surface area contributed by atoms with Crippen molar-refractivity contribution in [1.82, 2.24) is 0 Å². The lowest BCUT2D eigenvalue weighted by atomic mass is 9.80. The maximum atomic E-state index is 6.73. The van der Waals surface area contributed by atoms with Crippen molar-refractivity contribution in [2.45, 2.75) is 85.2 Å². The second kappa shape index (κ2) is 17.2. The van der Waals surface area contributed by atoms with Gasteiger partial charge in [-0.15, -0.1) is 11.6 Å². The van der Waals surface area contributed by atoms with Gasteiger partial charge in [0.1, 0.15) is 12.2 Å². The molecule has 226 valence electrons. The molecule has 2 atom stereocenters. The van der Waals surface area contributed by atoms with Gasteiger partial charge in [-0.2, -0.15) is 0 Å². The number of ether oxygens (including phenoxy) is 2. The van der Waals surface area contributed by atoms with Crippen molar-refractivity contribution < 1.29 is 9.47 Å². The maximum Gasteiger partial charge on any atom is 0.105 e. The van der Waals surface area contributed by atoms with Crippen LogP contribution in [0.1, 0.15) is 94.3 Å². The molecule has 0 aliphatic heterocycles. The summed E-state index contributed by atoms with van der Waals surface area (Å²) in [6, 6.07) is 29.5. The first-order valence-electron chi connectivity index (χ1n) is 15.6. The third-order valence-electron chi connectivity index (χ3n) is 8.24. The third kappa shape index (κ3) is 9.93. The van der Waals surface area contributed by atoms with Crippen molar-refractivity contribution in [3.8, 4) is 0 Å². The molecule has 0 saturated carbocycles. The molecule has 0 spiro atoms. The summed E-state index contributed by atoms with van der Waals surface area (Å²) in [5.74, 6) is 0.617. The predicted molar refractivity (Wildman–Crippen MR) is 182 cm³/mol. The summed E-state index contributed by atoms with van der Waals surface area (Å²) >= 11 is 5.90. The molecular formula is C40H47ClO2. The minimum absolute atomic E-state index is 0.0984. The highest BCUT2D eigenvalue weighted by atomic mass is 35.5. The number of hydrogen-bond donors (Lipinski definition) is 0. The lowest BCUT2D eigenvalue weighted by Crippen LogP contribution is -2.22. The van der Waals surface area contributed by atoms with Crippen molar-refractivity contribution in [3.63, 3.8) is 0 Å². The first-order chi connectivity index (χ1) is 21.0. The Morgan fingerprint density at radius 2 is 1.09 bits per heavy atom. The van der Waals surface area contributed by atoms with Gasteiger partial charge < -0.3 is 9.47 Å². The van der Waals surface area contributed by atoms with E-state index in [0.717, 1.165) is 32.1 Å². The van der Waals surface area contributed by atoms with Crippen LogP contribution in [-0.2, 0) is 22.7 Å². The maximum absolute atomic E-state index is 6.73. The van der Waals surface area contributed by atoms with Gasteiger partial charge in [-0.05, 0) is 93.2 Å². The fraction of sp³-hybridized carbons (Fsp3) is 0.350. The average molecular weight is 595 g/mol. The number of rotatable bonds is 15. The van der Waals surface area contributed by atoms with Crippen molar-refractivity contribution in [1.29, 1.82) is 0 Å². The predicted octanol–water partition coefficient (Wildman–Crippen LogP) is 11.6. The van der Waals surface area contributed by atoms with Crippen LogP contribution in [0.4, 0.5) is 0 Å². The van der Waals surface area contributed by atoms with Crippen LogP contribution in [0.2, 0.25) is 0 Å². The minimum Gasteiger partial charge on any atom is -0.364 e. The standard InChI is InChI=1S/C40H47ClO2/c1-30(16-14-18-32(3)27-41)15-13-17-31(2)25-26-36-33(4)39(42-28-34-19-7-5-8-20-34)37-23-11-12-24-38(37)40(36)43-29-35-21-9-6-10-22-35/h5-12,15,18-25,39-40H,13-14,16-17,26-29H2,1-4H3/b30-15+,31-25+,32-18+. The molecule has 0 radical (unpaired) electrons. The number of allylic oxidation sites excluding steroid dienone is 6. The molecule has 1 aliphatic carbocycles. The molecule has 4 rings (SSSR count). The molecule has 43 heavy (non-hydrogen) atoms. The van der Waals surface area contributed by atoms with Crippen LogP contribution in [-0.4, -0.2) is 5.88 Å². The van der Waals surface area contributed by atoms with E-state index >= 15 is 0 Å². The number of halogens is 1. The number of benzene rings is 3. The minimum atomic E-state index is -0.108. The highest BCUT2D eigenvalue weighted by molar-refractivity contribution is 6.19. The van der Waals surface area contributed by atoms with Crippen LogP contribution in [0.3, 0.4) is 0 Å². The van der Waals surface area contributed by atoms with E-state index in [2.05, 4.69) is 119 Å². The monoisotopic (exact) mass is 594 g/mol. The summed E-state index contributed by atoms with van der Waals surface area (Å²) in [5.41, 5.74) is 11.4. The van der Waals surface area contributed by atoms with E-state index < -0.39 is 0 Å². The average Bonchev–Trinajstić information content (AvgIpc) is 3.03. The molecule has 0 bridgehead atoms. The van der Waals surface area contributed by atoms with E-state index in [1.54, 1.807) is 0 Å². The summed E-state index contributed by atoms with van der Waals surface area (Å²) < 4.78 is 13.4. The van der Waals surface area contributed by atoms with Crippen molar-refractivity contribution in [3.05, 3.63) is 153 Å². The second-order valence-electron chi connectivity index (χ2n) is 11.8. The Hall–Kier alpha value is -3.17. The second-order valence-corrected chi connectivity index (χ2v) is 12.0. The largest absolute Gasteiger partial charge is 0.364 e. The Kier molecular flexibility index (Phi) is 13.1. The van der Waals surface area contributed by atoms with Crippen LogP contribution in [0.5, 0.6) is 0 Å². The SMILES string of the molecule is CC1=C(C/C=C(\C)CC/C=C(\C)CC/C=C(\C)CCl)C(OCc2ccccc2)c2ccccc2C1OCc1ccccc1. The van der Waals surface area contributed by atoms with E-state index in [1.807, 2.05) is 12.1 Å². The van der Waals surface area contributed by atoms with Gasteiger partial charge in [0.2, 0.25) is 0 Å². The summed E-state index contributed by atoms with van der Waals surface area (Å²) in [5, 5.41) is 0. The van der Waals surface area contributed by atoms with Gasteiger partial charge in [0.25, 0.3) is 0 Å². The Morgan fingerprint density at radius 1 is 0.628 bits per heavy atom. The van der Waals surface area contributed by atoms with Gasteiger partial charge in [-0.25, -0.2) is 0 Å². The Bertz CT molecular complexity index is 1420. The molecule has 3 aromatic rings. The van der Waals surface area contributed by atoms with E-state index in [-0.39, 0.29) is 12.2 Å². The molecule has 0 aromatic heterocycles. The highest BCUT2D eigenvalue weighted by Crippen LogP contribution is 2.46. The third-order valence-corrected chi connectivity index (χ3v) is 8.66. The summed E-state index contributed by atoms with van der Waals surface area (Å²) in [6.07, 6.45) is 11.9. The van der Waals surface area contributed by atoms with Crippen LogP contribution >= 0.6 is 11.6 Å². The number of alkyl halides is 1. The molecule has 0 heterocycles. The molecule has 3 heteroatoms. The molecule has 1 aliphatic rings. The van der Waals surface area contributed by atoms with E-state index in [0.29, 0.717) is 19.1 Å². The molecule has 2 nitrogen and oxygen atoms in total. The van der Waals surface area contributed by atoms with Gasteiger partial charge in [0.05, 0.1) is 13.2 Å². The normalized spacial score (nSPS) is 17.7. The Balaban J connectivity index is 1.52. The molecule has 0 amide bonds. The van der Waals surface area contributed by atoms with Gasteiger partial charge in [0, 0.05) is 5.88 Å². The molecule has 2 unspecified atom stereocenters. The quantitative estimate of drug-likeness (QED) is 0.129. The van der Waals surface area contributed by atoms with Crippen LogP contribution in [0.25, 0.3) is 0 Å². The van der Waals surface area contributed by atoms with Crippen molar-refractivity contribution >= 4 is 11.6 Å². The molecule has 0 fully saturated rings. The first-order valence-corrected chi connectivity index (χ1v) is 16.1. The smallest absolute Gasteiger partial charge is 0.105 e. The van der Waals surface area contributed by atoms with E-state index in [4.69, 9.17) is 21.1 Å². The van der Waals surface area contributed by atoms with Gasteiger partial charge in [-0.1, -0.05) is 120 Å². The zero-order valence-corrected chi connectivity index (χ0v) is 27.1. The fourth-order valence-corrected chi connectivity index (χ4v) is 5.71. The Morgan fingerprint density at radius 3 is 1.65 bits per heavy atom. The molecule has 3 aromatic carbocycles. The zero-order valence-electron chi connectivity index (χ0n) is 26.3. The lowest BCUT2D eigenvalue weighted by Gasteiger charge is -2.35. The topological polar surface area (TPSA) is 18.5 Å². The Labute approximate surface area is 264 Å². The molecule has 0 saturated heterocycles. The van der Waals surface area contributed by atoms with Gasteiger partial charge >= 0.3 is 0 Å². The molecule has 0 N–H and O–H groups in total. The van der Waals surface area contributed by atoms with Gasteiger partial charge in [0.15, 0.2) is 0 Å². The fourth-order valence-electron chi connectivity index (χ4n) is 5.60. The van der Waals surface area contributed by atoms with Crippen molar-refractivity contribution in [2.75, 3.05) is 5.88 Å². The zero-order chi connectivity index (χ0) is 30.4. The van der Waals surface area contributed by atoms with Crippen LogP contribution in [0, 0.1) is 0 Å². The first kappa shape index (κ1) is 32.7. The molecular weight excluding hydrogens is 548 g/mol. The van der Waals surface area contributed by atoms with Gasteiger partial charge in [-0.3, -0.25) is 0 Å². The number of fused-ring (bicyclic) bond motifs is 1. The summed E-state index contributed by atoms with van der Waals surface area (Å²) in [6.45, 7) is 9.96. The number of hydrogen-bond acceptors (Lipinski definition) is 2. The highest BCUT2D eigenvalue weighted by Gasteiger charge is 2.33. The summed E-state index contributed by atoms with van der Waals surface area (Å²) in [7, 11) is 0. The van der Waals surface area contributed by atoms with Crippen molar-refractivity contribution in [2.24, 2.45) is 0 Å². The van der Waals surface area contributed by atoms with Crippen LogP contribution in [0.15, 0.2) is 131 Å². The summed E-state index contributed by atoms with van der Waals surface area (Å²) in [4.78, 5) is 0.